The van der Waals surface area contributed by atoms with Gasteiger partial charge in [0.15, 0.2) is 0 Å². The van der Waals surface area contributed by atoms with Crippen LogP contribution in [-0.2, 0) is 10.8 Å². The normalized spacial score (nSPS) is 12.1. The van der Waals surface area contributed by atoms with Crippen molar-refractivity contribution < 1.29 is 4.79 Å². The van der Waals surface area contributed by atoms with Gasteiger partial charge in [-0.25, -0.2) is 0 Å². The third-order valence-electron chi connectivity index (χ3n) is 6.48. The zero-order valence-corrected chi connectivity index (χ0v) is 21.4. The van der Waals surface area contributed by atoms with Crippen LogP contribution in [0.2, 0.25) is 0 Å². The summed E-state index contributed by atoms with van der Waals surface area (Å²) in [6.07, 6.45) is 0. The second kappa shape index (κ2) is 8.76. The van der Waals surface area contributed by atoms with Crippen molar-refractivity contribution in [2.24, 2.45) is 0 Å². The molecule has 2 heteroatoms. The number of carbonyl (C=O) groups excluding carboxylic acids is 1. The summed E-state index contributed by atoms with van der Waals surface area (Å²) in [6.45, 7) is 15.3. The zero-order chi connectivity index (χ0) is 24.7. The molecule has 1 heterocycles. The number of ketones is 1. The third kappa shape index (κ3) is 4.92. The summed E-state index contributed by atoms with van der Waals surface area (Å²) in [5, 5.41) is 0. The van der Waals surface area contributed by atoms with Crippen LogP contribution in [0.1, 0.15) is 74.3 Å². The molecule has 0 atom stereocenters. The van der Waals surface area contributed by atoms with Gasteiger partial charge in [-0.15, -0.1) is 0 Å². The Kier molecular flexibility index (Phi) is 6.12. The fraction of sp³-hybridized carbons (Fsp3) is 0.281. The van der Waals surface area contributed by atoms with Crippen molar-refractivity contribution in [3.05, 3.63) is 107 Å². The first-order chi connectivity index (χ1) is 15.9. The van der Waals surface area contributed by atoms with Gasteiger partial charge >= 0.3 is 0 Å². The number of H-pyrrole nitrogens is 1. The lowest BCUT2D eigenvalue weighted by Crippen LogP contribution is -2.10. The summed E-state index contributed by atoms with van der Waals surface area (Å²) in [5.74, 6) is 0.00691. The lowest BCUT2D eigenvalue weighted by molar-refractivity contribution is 0.103. The Morgan fingerprint density at radius 1 is 0.647 bits per heavy atom. The van der Waals surface area contributed by atoms with Gasteiger partial charge in [-0.3, -0.25) is 4.79 Å². The molecule has 1 N–H and O–H groups in total. The smallest absolute Gasteiger partial charge is 0.209 e. The van der Waals surface area contributed by atoms with Crippen molar-refractivity contribution in [1.82, 2.24) is 4.98 Å². The number of rotatable bonds is 4. The molecular weight excluding hydrogens is 414 g/mol. The average molecular weight is 450 g/mol. The topological polar surface area (TPSA) is 32.9 Å². The molecule has 0 aliphatic carbocycles. The van der Waals surface area contributed by atoms with Gasteiger partial charge in [0.1, 0.15) is 0 Å². The fourth-order valence-electron chi connectivity index (χ4n) is 4.17. The molecule has 0 saturated heterocycles. The first-order valence-electron chi connectivity index (χ1n) is 12.0. The van der Waals surface area contributed by atoms with Gasteiger partial charge in [0, 0.05) is 16.8 Å². The number of aryl methyl sites for hydroxylation is 1. The molecule has 0 radical (unpaired) electrons. The standard InChI is InChI=1S/C32H35NO/c1-21-8-10-24(11-9-21)30(34)29-27(22-12-16-25(17-13-22)31(2,3)4)20-28(33-29)23-14-18-26(19-15-23)32(5,6)7/h8-20,33H,1-7H3. The molecule has 0 aliphatic heterocycles. The van der Waals surface area contributed by atoms with Gasteiger partial charge in [-0.2, -0.15) is 0 Å². The highest BCUT2D eigenvalue weighted by atomic mass is 16.1. The Hall–Kier alpha value is -3.39. The van der Waals surface area contributed by atoms with Crippen LogP contribution in [0.25, 0.3) is 22.4 Å². The summed E-state index contributed by atoms with van der Waals surface area (Å²) >= 11 is 0. The van der Waals surface area contributed by atoms with E-state index in [1.54, 1.807) is 0 Å². The van der Waals surface area contributed by atoms with Gasteiger partial charge < -0.3 is 4.98 Å². The fourth-order valence-corrected chi connectivity index (χ4v) is 4.17. The number of benzene rings is 3. The van der Waals surface area contributed by atoms with Crippen LogP contribution in [0.15, 0.2) is 78.9 Å². The van der Waals surface area contributed by atoms with E-state index in [1.165, 1.54) is 11.1 Å². The third-order valence-corrected chi connectivity index (χ3v) is 6.48. The highest BCUT2D eigenvalue weighted by Crippen LogP contribution is 2.34. The number of carbonyl (C=O) groups is 1. The summed E-state index contributed by atoms with van der Waals surface area (Å²) in [7, 11) is 0. The first kappa shape index (κ1) is 23.8. The van der Waals surface area contributed by atoms with Crippen LogP contribution in [0, 0.1) is 6.92 Å². The molecule has 0 unspecified atom stereocenters. The van der Waals surface area contributed by atoms with E-state index in [0.717, 1.165) is 27.9 Å². The van der Waals surface area contributed by atoms with Crippen molar-refractivity contribution >= 4 is 5.78 Å². The molecule has 0 fully saturated rings. The molecule has 4 aromatic rings. The molecular formula is C32H35NO. The maximum atomic E-state index is 13.6. The quantitative estimate of drug-likeness (QED) is 0.311. The monoisotopic (exact) mass is 449 g/mol. The molecule has 0 saturated carbocycles. The molecule has 3 aromatic carbocycles. The Morgan fingerprint density at radius 2 is 1.12 bits per heavy atom. The van der Waals surface area contributed by atoms with Crippen molar-refractivity contribution in [3.63, 3.8) is 0 Å². The SMILES string of the molecule is Cc1ccc(C(=O)c2[nH]c(-c3ccc(C(C)(C)C)cc3)cc2-c2ccc(C(C)(C)C)cc2)cc1. The van der Waals surface area contributed by atoms with Gasteiger partial charge in [0.25, 0.3) is 0 Å². The minimum atomic E-state index is 0.00691. The summed E-state index contributed by atoms with van der Waals surface area (Å²) < 4.78 is 0. The van der Waals surface area contributed by atoms with Crippen LogP contribution in [0.3, 0.4) is 0 Å². The van der Waals surface area contributed by atoms with E-state index in [4.69, 9.17) is 0 Å². The zero-order valence-electron chi connectivity index (χ0n) is 21.4. The first-order valence-corrected chi connectivity index (χ1v) is 12.0. The minimum absolute atomic E-state index is 0.00691. The van der Waals surface area contributed by atoms with E-state index >= 15 is 0 Å². The lowest BCUT2D eigenvalue weighted by atomic mass is 9.86. The van der Waals surface area contributed by atoms with Crippen LogP contribution >= 0.6 is 0 Å². The Bertz CT molecular complexity index is 1290. The number of hydrogen-bond donors (Lipinski definition) is 1. The molecule has 0 amide bonds. The molecule has 0 spiro atoms. The van der Waals surface area contributed by atoms with Gasteiger partial charge in [0.05, 0.1) is 5.69 Å². The highest BCUT2D eigenvalue weighted by Gasteiger charge is 2.21. The van der Waals surface area contributed by atoms with E-state index in [0.29, 0.717) is 11.3 Å². The van der Waals surface area contributed by atoms with Crippen molar-refractivity contribution in [2.75, 3.05) is 0 Å². The van der Waals surface area contributed by atoms with Gasteiger partial charge in [0.2, 0.25) is 5.78 Å². The Morgan fingerprint density at radius 3 is 1.59 bits per heavy atom. The molecule has 34 heavy (non-hydrogen) atoms. The van der Waals surface area contributed by atoms with Crippen LogP contribution in [0.5, 0.6) is 0 Å². The molecule has 174 valence electrons. The predicted octanol–water partition coefficient (Wildman–Crippen LogP) is 8.48. The van der Waals surface area contributed by atoms with Crippen LogP contribution in [-0.4, -0.2) is 10.8 Å². The van der Waals surface area contributed by atoms with Crippen molar-refractivity contribution in [1.29, 1.82) is 0 Å². The Labute approximate surface area is 204 Å². The maximum Gasteiger partial charge on any atom is 0.209 e. The molecule has 4 rings (SSSR count). The van der Waals surface area contributed by atoms with Crippen molar-refractivity contribution in [2.45, 2.75) is 59.3 Å². The van der Waals surface area contributed by atoms with Crippen molar-refractivity contribution in [3.8, 4) is 22.4 Å². The van der Waals surface area contributed by atoms with Crippen LogP contribution in [0.4, 0.5) is 0 Å². The molecule has 0 bridgehead atoms. The largest absolute Gasteiger partial charge is 0.351 e. The van der Waals surface area contributed by atoms with Gasteiger partial charge in [-0.05, 0) is 46.1 Å². The van der Waals surface area contributed by atoms with E-state index in [-0.39, 0.29) is 16.6 Å². The minimum Gasteiger partial charge on any atom is -0.351 e. The predicted molar refractivity (Wildman–Crippen MR) is 144 cm³/mol. The second-order valence-corrected chi connectivity index (χ2v) is 11.3. The summed E-state index contributed by atoms with van der Waals surface area (Å²) in [4.78, 5) is 17.0. The van der Waals surface area contributed by atoms with E-state index in [9.17, 15) is 4.79 Å². The van der Waals surface area contributed by atoms with Gasteiger partial charge in [-0.1, -0.05) is 120 Å². The highest BCUT2D eigenvalue weighted by molar-refractivity contribution is 6.12. The number of hydrogen-bond acceptors (Lipinski definition) is 1. The number of aromatic nitrogens is 1. The average Bonchev–Trinajstić information content (AvgIpc) is 3.24. The summed E-state index contributed by atoms with van der Waals surface area (Å²) in [6, 6.07) is 27.1. The Balaban J connectivity index is 1.81. The number of aromatic amines is 1. The van der Waals surface area contributed by atoms with E-state index in [1.807, 2.05) is 31.2 Å². The van der Waals surface area contributed by atoms with E-state index < -0.39 is 0 Å². The van der Waals surface area contributed by atoms with Crippen LogP contribution < -0.4 is 0 Å². The number of nitrogens with one attached hydrogen (secondary N) is 1. The maximum absolute atomic E-state index is 13.6. The van der Waals surface area contributed by atoms with E-state index in [2.05, 4.69) is 101 Å². The second-order valence-electron chi connectivity index (χ2n) is 11.3. The molecule has 0 aliphatic rings. The summed E-state index contributed by atoms with van der Waals surface area (Å²) in [5.41, 5.74) is 9.19. The molecule has 1 aromatic heterocycles. The lowest BCUT2D eigenvalue weighted by Gasteiger charge is -2.19. The molecule has 2 nitrogen and oxygen atoms in total.